The lowest BCUT2D eigenvalue weighted by Crippen LogP contribution is -2.26. The van der Waals surface area contributed by atoms with E-state index in [4.69, 9.17) is 0 Å². The number of hydrogen-bond donors (Lipinski definition) is 2. The molecule has 0 fully saturated rings. The minimum absolute atomic E-state index is 0.00693. The quantitative estimate of drug-likeness (QED) is 0.595. The fraction of sp³-hybridized carbons (Fsp3) is 0.294. The average Bonchev–Trinajstić information content (AvgIpc) is 2.47. The van der Waals surface area contributed by atoms with Gasteiger partial charge in [-0.05, 0) is 36.6 Å². The van der Waals surface area contributed by atoms with Gasteiger partial charge in [0.25, 0.3) is 0 Å². The fourth-order valence-corrected chi connectivity index (χ4v) is 1.98. The Bertz CT molecular complexity index is 582. The molecule has 0 spiro atoms. The second-order valence-corrected chi connectivity index (χ2v) is 5.25. The van der Waals surface area contributed by atoms with Crippen LogP contribution in [-0.2, 0) is 9.59 Å². The Morgan fingerprint density at radius 1 is 1.27 bits per heavy atom. The van der Waals surface area contributed by atoms with Gasteiger partial charge in [-0.1, -0.05) is 26.5 Å². The van der Waals surface area contributed by atoms with E-state index >= 15 is 0 Å². The maximum atomic E-state index is 13.6. The van der Waals surface area contributed by atoms with Crippen LogP contribution in [0.2, 0.25) is 0 Å². The van der Waals surface area contributed by atoms with Crippen LogP contribution in [0, 0.1) is 17.7 Å². The zero-order valence-electron chi connectivity index (χ0n) is 12.9. The highest BCUT2D eigenvalue weighted by molar-refractivity contribution is 6.00. The fourth-order valence-electron chi connectivity index (χ4n) is 1.98. The van der Waals surface area contributed by atoms with Gasteiger partial charge in [-0.2, -0.15) is 0 Å². The summed E-state index contributed by atoms with van der Waals surface area (Å²) in [5, 5.41) is 5.09. The lowest BCUT2D eigenvalue weighted by molar-refractivity contribution is -0.121. The molecule has 0 aliphatic heterocycles. The number of allylic oxidation sites excluding steroid dienone is 1. The van der Waals surface area contributed by atoms with Crippen molar-refractivity contribution >= 4 is 23.2 Å². The van der Waals surface area contributed by atoms with E-state index in [1.165, 1.54) is 18.2 Å². The van der Waals surface area contributed by atoms with Gasteiger partial charge in [-0.3, -0.25) is 9.59 Å². The number of amides is 2. The minimum Gasteiger partial charge on any atom is -0.326 e. The molecule has 1 rings (SSSR count). The molecule has 0 aromatic heterocycles. The summed E-state index contributed by atoms with van der Waals surface area (Å²) in [4.78, 5) is 23.5. The zero-order valence-corrected chi connectivity index (χ0v) is 12.9. The maximum absolute atomic E-state index is 13.6. The number of anilines is 2. The summed E-state index contributed by atoms with van der Waals surface area (Å²) in [6.07, 6.45) is 3.30. The molecule has 0 heterocycles. The first-order valence-electron chi connectivity index (χ1n) is 7.03. The van der Waals surface area contributed by atoms with Crippen molar-refractivity contribution in [1.82, 2.24) is 0 Å². The summed E-state index contributed by atoms with van der Waals surface area (Å²) < 4.78 is 13.6. The third-order valence-electron chi connectivity index (χ3n) is 3.24. The van der Waals surface area contributed by atoms with Crippen molar-refractivity contribution in [2.75, 3.05) is 10.6 Å². The monoisotopic (exact) mass is 304 g/mol. The first-order chi connectivity index (χ1) is 10.4. The molecule has 0 saturated heterocycles. The predicted molar refractivity (Wildman–Crippen MR) is 87.0 cm³/mol. The molecule has 0 saturated carbocycles. The normalized spacial score (nSPS) is 11.6. The Labute approximate surface area is 130 Å². The van der Waals surface area contributed by atoms with Gasteiger partial charge in [0, 0.05) is 11.6 Å². The molecule has 0 aliphatic rings. The van der Waals surface area contributed by atoms with E-state index < -0.39 is 11.7 Å². The molecule has 22 heavy (non-hydrogen) atoms. The van der Waals surface area contributed by atoms with E-state index in [-0.39, 0.29) is 23.4 Å². The number of carbonyl (C=O) groups is 2. The molecule has 4 nitrogen and oxygen atoms in total. The molecule has 0 bridgehead atoms. The van der Waals surface area contributed by atoms with Crippen LogP contribution in [0.15, 0.2) is 43.5 Å². The summed E-state index contributed by atoms with van der Waals surface area (Å²) in [7, 11) is 0. The molecular weight excluding hydrogens is 283 g/mol. The van der Waals surface area contributed by atoms with E-state index in [0.717, 1.165) is 6.08 Å². The van der Waals surface area contributed by atoms with Crippen molar-refractivity contribution in [3.05, 3.63) is 49.3 Å². The molecule has 5 heteroatoms. The van der Waals surface area contributed by atoms with Crippen LogP contribution in [0.3, 0.4) is 0 Å². The Balaban J connectivity index is 2.91. The lowest BCUT2D eigenvalue weighted by Gasteiger charge is -2.19. The number of nitrogens with one attached hydrogen (secondary N) is 2. The van der Waals surface area contributed by atoms with Gasteiger partial charge in [0.05, 0.1) is 5.69 Å². The van der Waals surface area contributed by atoms with Crippen LogP contribution < -0.4 is 10.6 Å². The van der Waals surface area contributed by atoms with Crippen LogP contribution in [0.5, 0.6) is 0 Å². The SMILES string of the molecule is C=CCC(C(=O)Nc1ccc(F)c(NC(=O)C=C)c1)C(C)C. The van der Waals surface area contributed by atoms with Crippen molar-refractivity contribution in [1.29, 1.82) is 0 Å². The highest BCUT2D eigenvalue weighted by atomic mass is 19.1. The molecule has 1 aromatic rings. The zero-order chi connectivity index (χ0) is 16.7. The van der Waals surface area contributed by atoms with Gasteiger partial charge in [0.2, 0.25) is 11.8 Å². The second kappa shape index (κ2) is 8.12. The molecule has 2 amide bonds. The topological polar surface area (TPSA) is 58.2 Å². The maximum Gasteiger partial charge on any atom is 0.247 e. The van der Waals surface area contributed by atoms with Crippen molar-refractivity contribution < 1.29 is 14.0 Å². The van der Waals surface area contributed by atoms with Crippen LogP contribution in [0.25, 0.3) is 0 Å². The Hall–Kier alpha value is -2.43. The molecule has 2 N–H and O–H groups in total. The smallest absolute Gasteiger partial charge is 0.247 e. The predicted octanol–water partition coefficient (Wildman–Crippen LogP) is 3.74. The highest BCUT2D eigenvalue weighted by Crippen LogP contribution is 2.22. The average molecular weight is 304 g/mol. The van der Waals surface area contributed by atoms with Gasteiger partial charge < -0.3 is 10.6 Å². The van der Waals surface area contributed by atoms with Crippen LogP contribution in [0.4, 0.5) is 15.8 Å². The number of halogens is 1. The van der Waals surface area contributed by atoms with E-state index in [2.05, 4.69) is 23.8 Å². The molecule has 0 aliphatic carbocycles. The molecule has 1 aromatic carbocycles. The first-order valence-corrected chi connectivity index (χ1v) is 7.03. The summed E-state index contributed by atoms with van der Waals surface area (Å²) in [6.45, 7) is 10.9. The molecular formula is C17H21FN2O2. The van der Waals surface area contributed by atoms with E-state index in [1.807, 2.05) is 13.8 Å². The van der Waals surface area contributed by atoms with Gasteiger partial charge in [0.15, 0.2) is 0 Å². The number of rotatable bonds is 7. The van der Waals surface area contributed by atoms with Crippen LogP contribution in [-0.4, -0.2) is 11.8 Å². The van der Waals surface area contributed by atoms with Crippen molar-refractivity contribution in [2.45, 2.75) is 20.3 Å². The molecule has 1 atom stereocenters. The van der Waals surface area contributed by atoms with Gasteiger partial charge in [0.1, 0.15) is 5.82 Å². The summed E-state index contributed by atoms with van der Waals surface area (Å²) in [5.74, 6) is -1.33. The van der Waals surface area contributed by atoms with Gasteiger partial charge in [-0.25, -0.2) is 4.39 Å². The Morgan fingerprint density at radius 2 is 1.95 bits per heavy atom. The molecule has 1 unspecified atom stereocenters. The van der Waals surface area contributed by atoms with Crippen LogP contribution in [0.1, 0.15) is 20.3 Å². The van der Waals surface area contributed by atoms with E-state index in [9.17, 15) is 14.0 Å². The minimum atomic E-state index is -0.584. The Kier molecular flexibility index (Phi) is 6.50. The third-order valence-corrected chi connectivity index (χ3v) is 3.24. The third kappa shape index (κ3) is 4.84. The van der Waals surface area contributed by atoms with Gasteiger partial charge in [-0.15, -0.1) is 6.58 Å². The Morgan fingerprint density at radius 3 is 2.50 bits per heavy atom. The van der Waals surface area contributed by atoms with E-state index in [0.29, 0.717) is 12.1 Å². The summed E-state index contributed by atoms with van der Waals surface area (Å²) in [5.41, 5.74) is 0.410. The van der Waals surface area contributed by atoms with Crippen LogP contribution >= 0.6 is 0 Å². The highest BCUT2D eigenvalue weighted by Gasteiger charge is 2.21. The summed E-state index contributed by atoms with van der Waals surface area (Å²) in [6, 6.07) is 4.01. The molecule has 0 radical (unpaired) electrons. The lowest BCUT2D eigenvalue weighted by atomic mass is 9.91. The summed E-state index contributed by atoms with van der Waals surface area (Å²) >= 11 is 0. The molecule has 118 valence electrons. The second-order valence-electron chi connectivity index (χ2n) is 5.25. The van der Waals surface area contributed by atoms with Crippen molar-refractivity contribution in [3.63, 3.8) is 0 Å². The largest absolute Gasteiger partial charge is 0.326 e. The van der Waals surface area contributed by atoms with E-state index in [1.54, 1.807) is 6.08 Å². The number of hydrogen-bond acceptors (Lipinski definition) is 2. The van der Waals surface area contributed by atoms with Gasteiger partial charge >= 0.3 is 0 Å². The number of benzene rings is 1. The first kappa shape index (κ1) is 17.6. The van der Waals surface area contributed by atoms with Crippen molar-refractivity contribution in [2.24, 2.45) is 11.8 Å². The standard InChI is InChI=1S/C17H21FN2O2/c1-5-7-13(11(3)4)17(22)19-12-8-9-14(18)15(10-12)20-16(21)6-2/h5-6,8-11,13H,1-2,7H2,3-4H3,(H,19,22)(H,20,21). The number of carbonyl (C=O) groups excluding carboxylic acids is 2. The van der Waals surface area contributed by atoms with Crippen molar-refractivity contribution in [3.8, 4) is 0 Å².